The molecule has 7 heteroatoms. The third kappa shape index (κ3) is 4.40. The number of methoxy groups -OCH3 is 1. The molecule has 0 atom stereocenters. The molecule has 0 amide bonds. The number of hydrogen-bond acceptors (Lipinski definition) is 5. The van der Waals surface area contributed by atoms with Crippen molar-refractivity contribution in [3.63, 3.8) is 0 Å². The molecule has 2 aromatic carbocycles. The Labute approximate surface area is 166 Å². The molecule has 0 fully saturated rings. The quantitative estimate of drug-likeness (QED) is 0.258. The summed E-state index contributed by atoms with van der Waals surface area (Å²) < 4.78 is 5.08. The Bertz CT molecular complexity index is 988. The van der Waals surface area contributed by atoms with Gasteiger partial charge in [0.1, 0.15) is 5.82 Å². The summed E-state index contributed by atoms with van der Waals surface area (Å²) in [5.74, 6) is 3.98. The Morgan fingerprint density at radius 1 is 1.23 bits per heavy atom. The molecule has 0 spiro atoms. The fraction of sp³-hybridized carbons (Fsp3) is 0.158. The van der Waals surface area contributed by atoms with Crippen LogP contribution in [-0.4, -0.2) is 29.4 Å². The van der Waals surface area contributed by atoms with E-state index < -0.39 is 0 Å². The molecule has 0 aliphatic carbocycles. The summed E-state index contributed by atoms with van der Waals surface area (Å²) in [6.07, 6.45) is 5.46. The minimum absolute atomic E-state index is 0.156. The molecule has 4 nitrogen and oxygen atoms in total. The van der Waals surface area contributed by atoms with Crippen molar-refractivity contribution in [1.82, 2.24) is 9.97 Å². The summed E-state index contributed by atoms with van der Waals surface area (Å²) in [7, 11) is 1.67. The van der Waals surface area contributed by atoms with Crippen molar-refractivity contribution in [2.75, 3.05) is 24.8 Å². The molecule has 0 aliphatic heterocycles. The molecule has 0 unspecified atom stereocenters. The van der Waals surface area contributed by atoms with Gasteiger partial charge in [0.15, 0.2) is 0 Å². The van der Waals surface area contributed by atoms with E-state index in [4.69, 9.17) is 34.4 Å². The minimum Gasteiger partial charge on any atom is -0.384 e. The smallest absolute Gasteiger partial charge is 0.224 e. The van der Waals surface area contributed by atoms with Crippen molar-refractivity contribution in [2.24, 2.45) is 0 Å². The third-order valence-corrected chi connectivity index (χ3v) is 5.17. The van der Waals surface area contributed by atoms with Crippen molar-refractivity contribution in [2.45, 2.75) is 4.90 Å². The molecule has 0 radical (unpaired) electrons. The van der Waals surface area contributed by atoms with E-state index in [1.807, 2.05) is 36.4 Å². The molecule has 1 N–H and O–H groups in total. The molecule has 1 aromatic heterocycles. The van der Waals surface area contributed by atoms with Gasteiger partial charge in [-0.1, -0.05) is 23.6 Å². The van der Waals surface area contributed by atoms with Crippen molar-refractivity contribution in [1.29, 1.82) is 0 Å². The lowest BCUT2D eigenvalue weighted by molar-refractivity contribution is 0.218. The summed E-state index contributed by atoms with van der Waals surface area (Å²) in [5, 5.41) is 4.81. The molecule has 132 valence electrons. The van der Waals surface area contributed by atoms with Crippen LogP contribution >= 0.6 is 35.0 Å². The van der Waals surface area contributed by atoms with Crippen LogP contribution < -0.4 is 5.32 Å². The first kappa shape index (κ1) is 18.8. The predicted molar refractivity (Wildman–Crippen MR) is 110 cm³/mol. The zero-order valence-corrected chi connectivity index (χ0v) is 16.3. The van der Waals surface area contributed by atoms with Crippen molar-refractivity contribution < 1.29 is 4.74 Å². The molecule has 26 heavy (non-hydrogen) atoms. The largest absolute Gasteiger partial charge is 0.384 e. The monoisotopic (exact) mass is 403 g/mol. The van der Waals surface area contributed by atoms with Crippen molar-refractivity contribution >= 4 is 57.4 Å². The summed E-state index contributed by atoms with van der Waals surface area (Å²) in [6, 6.07) is 11.2. The number of fused-ring (bicyclic) bond motifs is 1. The lowest BCUT2D eigenvalue weighted by Crippen LogP contribution is -1.98. The number of terminal acetylenes is 1. The van der Waals surface area contributed by atoms with E-state index in [0.29, 0.717) is 23.0 Å². The highest BCUT2D eigenvalue weighted by Crippen LogP contribution is 2.34. The highest BCUT2D eigenvalue weighted by Gasteiger charge is 2.12. The Balaban J connectivity index is 2.00. The van der Waals surface area contributed by atoms with Crippen LogP contribution in [0.5, 0.6) is 0 Å². The fourth-order valence-corrected chi connectivity index (χ4v) is 3.73. The van der Waals surface area contributed by atoms with E-state index in [9.17, 15) is 0 Å². The van der Waals surface area contributed by atoms with E-state index in [1.165, 1.54) is 0 Å². The molecule has 0 saturated heterocycles. The number of aromatic nitrogens is 2. The maximum atomic E-state index is 6.44. The van der Waals surface area contributed by atoms with Gasteiger partial charge in [0, 0.05) is 34.4 Å². The van der Waals surface area contributed by atoms with Gasteiger partial charge < -0.3 is 10.1 Å². The third-order valence-electron chi connectivity index (χ3n) is 3.56. The number of anilines is 2. The highest BCUT2D eigenvalue weighted by atomic mass is 35.5. The zero-order valence-electron chi connectivity index (χ0n) is 13.9. The molecular weight excluding hydrogens is 389 g/mol. The van der Waals surface area contributed by atoms with Gasteiger partial charge in [-0.05, 0) is 41.9 Å². The normalized spacial score (nSPS) is 10.7. The molecular formula is C19H15Cl2N3OS. The maximum absolute atomic E-state index is 6.44. The van der Waals surface area contributed by atoms with Crippen LogP contribution in [0.4, 0.5) is 11.5 Å². The van der Waals surface area contributed by atoms with Crippen LogP contribution in [0, 0.1) is 12.3 Å². The Morgan fingerprint density at radius 2 is 2.08 bits per heavy atom. The first-order valence-corrected chi connectivity index (χ1v) is 9.47. The van der Waals surface area contributed by atoms with E-state index >= 15 is 0 Å². The number of thioether (sulfide) groups is 1. The van der Waals surface area contributed by atoms with E-state index in [-0.39, 0.29) is 5.28 Å². The topological polar surface area (TPSA) is 47.0 Å². The van der Waals surface area contributed by atoms with Crippen LogP contribution in [0.3, 0.4) is 0 Å². The lowest BCUT2D eigenvalue weighted by Gasteiger charge is -2.12. The number of rotatable bonds is 6. The van der Waals surface area contributed by atoms with Crippen LogP contribution in [0.1, 0.15) is 5.56 Å². The lowest BCUT2D eigenvalue weighted by atomic mass is 10.2. The van der Waals surface area contributed by atoms with Gasteiger partial charge in [-0.2, -0.15) is 4.98 Å². The Kier molecular flexibility index (Phi) is 6.23. The molecule has 1 heterocycles. The summed E-state index contributed by atoms with van der Waals surface area (Å²) in [5.41, 5.74) is 2.30. The fourth-order valence-electron chi connectivity index (χ4n) is 2.37. The van der Waals surface area contributed by atoms with Gasteiger partial charge in [-0.3, -0.25) is 0 Å². The number of nitrogens with one attached hydrogen (secondary N) is 1. The zero-order chi connectivity index (χ0) is 18.5. The van der Waals surface area contributed by atoms with Gasteiger partial charge in [-0.15, -0.1) is 18.2 Å². The van der Waals surface area contributed by atoms with Crippen LogP contribution in [-0.2, 0) is 4.74 Å². The number of halogens is 2. The molecule has 3 aromatic rings. The van der Waals surface area contributed by atoms with Crippen LogP contribution in [0.2, 0.25) is 10.3 Å². The summed E-state index contributed by atoms with van der Waals surface area (Å²) in [6.45, 7) is 0.641. The Hall–Kier alpha value is -1.97. The second-order valence-corrected chi connectivity index (χ2v) is 7.21. The van der Waals surface area contributed by atoms with Gasteiger partial charge in [0.05, 0.1) is 17.1 Å². The number of ether oxygens (including phenoxy) is 1. The average Bonchev–Trinajstić information content (AvgIpc) is 2.63. The van der Waals surface area contributed by atoms with Crippen molar-refractivity contribution in [3.8, 4) is 12.3 Å². The van der Waals surface area contributed by atoms with Crippen molar-refractivity contribution in [3.05, 3.63) is 52.3 Å². The van der Waals surface area contributed by atoms with E-state index in [1.54, 1.807) is 18.9 Å². The second kappa shape index (κ2) is 8.61. The maximum Gasteiger partial charge on any atom is 0.224 e. The first-order valence-electron chi connectivity index (χ1n) is 7.73. The van der Waals surface area contributed by atoms with Gasteiger partial charge >= 0.3 is 0 Å². The highest BCUT2D eigenvalue weighted by molar-refractivity contribution is 7.99. The molecule has 0 saturated carbocycles. The van der Waals surface area contributed by atoms with Gasteiger partial charge in [0.25, 0.3) is 0 Å². The van der Waals surface area contributed by atoms with Gasteiger partial charge in [-0.25, -0.2) is 4.98 Å². The molecule has 0 aliphatic rings. The molecule has 0 bridgehead atoms. The Morgan fingerprint density at radius 3 is 2.85 bits per heavy atom. The standard InChI is InChI=1S/C19H15Cl2N3OS/c1-3-12-5-4-6-13(9-12)22-18-14-10-15(20)17(26-8-7-25-2)11-16(14)23-19(21)24-18/h1,4-6,9-11H,7-8H2,2H3,(H,22,23,24). The summed E-state index contributed by atoms with van der Waals surface area (Å²) in [4.78, 5) is 9.55. The number of hydrogen-bond donors (Lipinski definition) is 1. The minimum atomic E-state index is 0.156. The predicted octanol–water partition coefficient (Wildman–Crippen LogP) is 5.40. The van der Waals surface area contributed by atoms with Crippen LogP contribution in [0.15, 0.2) is 41.3 Å². The van der Waals surface area contributed by atoms with E-state index in [2.05, 4.69) is 21.2 Å². The molecule has 3 rings (SSSR count). The first-order chi connectivity index (χ1) is 12.6. The summed E-state index contributed by atoms with van der Waals surface area (Å²) >= 11 is 14.2. The number of nitrogens with zero attached hydrogens (tertiary/aromatic N) is 2. The average molecular weight is 404 g/mol. The van der Waals surface area contributed by atoms with E-state index in [0.717, 1.165) is 27.3 Å². The van der Waals surface area contributed by atoms with Gasteiger partial charge in [0.2, 0.25) is 5.28 Å². The second-order valence-electron chi connectivity index (χ2n) is 5.33. The number of benzene rings is 2. The van der Waals surface area contributed by atoms with Crippen LogP contribution in [0.25, 0.3) is 10.9 Å². The SMILES string of the molecule is C#Cc1cccc(Nc2nc(Cl)nc3cc(SCCOC)c(Cl)cc23)c1.